The van der Waals surface area contributed by atoms with Crippen LogP contribution < -0.4 is 11.0 Å². The van der Waals surface area contributed by atoms with Gasteiger partial charge in [-0.15, -0.1) is 5.10 Å². The molecule has 0 radical (unpaired) electrons. The maximum absolute atomic E-state index is 13.0. The van der Waals surface area contributed by atoms with Crippen molar-refractivity contribution in [2.45, 2.75) is 31.8 Å². The molecule has 7 heteroatoms. The first-order valence-electron chi connectivity index (χ1n) is 8.88. The Hall–Kier alpha value is -2.86. The molecule has 4 rings (SSSR count). The molecular formula is C20H19ClN4O2. The number of benzene rings is 2. The average molecular weight is 383 g/mol. The summed E-state index contributed by atoms with van der Waals surface area (Å²) in [6.45, 7) is -0.0366. The molecule has 1 aliphatic carbocycles. The zero-order valence-corrected chi connectivity index (χ0v) is 15.4. The molecule has 1 N–H and O–H groups in total. The molecule has 3 aromatic rings. The molecule has 0 aliphatic heterocycles. The van der Waals surface area contributed by atoms with Crippen molar-refractivity contribution < 1.29 is 4.79 Å². The van der Waals surface area contributed by atoms with Crippen LogP contribution >= 0.6 is 11.6 Å². The molecule has 0 unspecified atom stereocenters. The SMILES string of the molecule is O=C(Cn1c(Cc2ccccc2)nn(-c2ccc(Cl)cc2)c1=O)NC1CC1. The number of aromatic nitrogens is 3. The fourth-order valence-corrected chi connectivity index (χ4v) is 3.03. The van der Waals surface area contributed by atoms with Gasteiger partial charge in [-0.2, -0.15) is 4.68 Å². The standard InChI is InChI=1S/C20H19ClN4O2/c21-15-6-10-17(11-7-15)25-20(27)24(13-19(26)22-16-8-9-16)18(23-25)12-14-4-2-1-3-5-14/h1-7,10-11,16H,8-9,12-13H2,(H,22,26). The Morgan fingerprint density at radius 2 is 1.81 bits per heavy atom. The minimum Gasteiger partial charge on any atom is -0.352 e. The molecular weight excluding hydrogens is 364 g/mol. The quantitative estimate of drug-likeness (QED) is 0.712. The van der Waals surface area contributed by atoms with E-state index in [1.165, 1.54) is 9.25 Å². The second-order valence-corrected chi connectivity index (χ2v) is 7.11. The highest BCUT2D eigenvalue weighted by Crippen LogP contribution is 2.18. The summed E-state index contributed by atoms with van der Waals surface area (Å²) < 4.78 is 2.76. The minimum atomic E-state index is -0.339. The molecule has 0 saturated heterocycles. The first-order chi connectivity index (χ1) is 13.1. The number of carbonyl (C=O) groups is 1. The number of halogens is 1. The molecule has 1 saturated carbocycles. The van der Waals surface area contributed by atoms with Crippen molar-refractivity contribution in [3.63, 3.8) is 0 Å². The fourth-order valence-electron chi connectivity index (χ4n) is 2.90. The van der Waals surface area contributed by atoms with Gasteiger partial charge in [-0.1, -0.05) is 41.9 Å². The lowest BCUT2D eigenvalue weighted by Crippen LogP contribution is -2.34. The number of nitrogens with zero attached hydrogens (tertiary/aromatic N) is 3. The lowest BCUT2D eigenvalue weighted by atomic mass is 10.1. The maximum atomic E-state index is 13.0. The topological polar surface area (TPSA) is 68.9 Å². The Kier molecular flexibility index (Phi) is 4.81. The third-order valence-corrected chi connectivity index (χ3v) is 4.71. The monoisotopic (exact) mass is 382 g/mol. The van der Waals surface area contributed by atoms with Gasteiger partial charge in [-0.05, 0) is 42.7 Å². The van der Waals surface area contributed by atoms with Gasteiger partial charge in [0.25, 0.3) is 0 Å². The van der Waals surface area contributed by atoms with E-state index < -0.39 is 0 Å². The Balaban J connectivity index is 1.70. The van der Waals surface area contributed by atoms with Crippen LogP contribution in [0.4, 0.5) is 0 Å². The van der Waals surface area contributed by atoms with Crippen molar-refractivity contribution in [1.82, 2.24) is 19.7 Å². The summed E-state index contributed by atoms with van der Waals surface area (Å²) in [7, 11) is 0. The van der Waals surface area contributed by atoms with E-state index in [1.807, 2.05) is 30.3 Å². The van der Waals surface area contributed by atoms with Gasteiger partial charge in [0, 0.05) is 17.5 Å². The van der Waals surface area contributed by atoms with Gasteiger partial charge in [0.05, 0.1) is 5.69 Å². The summed E-state index contributed by atoms with van der Waals surface area (Å²) in [6.07, 6.45) is 2.47. The minimum absolute atomic E-state index is 0.0366. The molecule has 138 valence electrons. The van der Waals surface area contributed by atoms with Crippen LogP contribution in [0.5, 0.6) is 0 Å². The predicted octanol–water partition coefficient (Wildman–Crippen LogP) is 2.56. The summed E-state index contributed by atoms with van der Waals surface area (Å²) in [5, 5.41) is 8.00. The number of amides is 1. The van der Waals surface area contributed by atoms with E-state index in [0.29, 0.717) is 23.0 Å². The summed E-state index contributed by atoms with van der Waals surface area (Å²) in [6, 6.07) is 16.9. The molecule has 1 aliphatic rings. The molecule has 0 bridgehead atoms. The van der Waals surface area contributed by atoms with Gasteiger partial charge < -0.3 is 5.32 Å². The van der Waals surface area contributed by atoms with Gasteiger partial charge in [0.1, 0.15) is 12.4 Å². The van der Waals surface area contributed by atoms with E-state index in [9.17, 15) is 9.59 Å². The summed E-state index contributed by atoms with van der Waals surface area (Å²) in [4.78, 5) is 25.2. The zero-order valence-electron chi connectivity index (χ0n) is 14.6. The van der Waals surface area contributed by atoms with Crippen LogP contribution in [-0.2, 0) is 17.8 Å². The van der Waals surface area contributed by atoms with Crippen molar-refractivity contribution in [1.29, 1.82) is 0 Å². The van der Waals surface area contributed by atoms with Gasteiger partial charge >= 0.3 is 5.69 Å². The van der Waals surface area contributed by atoms with Crippen LogP contribution in [0, 0.1) is 0 Å². The second kappa shape index (κ2) is 7.40. The first kappa shape index (κ1) is 17.5. The number of hydrogen-bond acceptors (Lipinski definition) is 3. The molecule has 6 nitrogen and oxygen atoms in total. The summed E-state index contributed by atoms with van der Waals surface area (Å²) in [5.74, 6) is 0.386. The molecule has 0 atom stereocenters. The van der Waals surface area contributed by atoms with E-state index in [0.717, 1.165) is 18.4 Å². The highest BCUT2D eigenvalue weighted by Gasteiger charge is 2.24. The Bertz CT molecular complexity index is 1000. The van der Waals surface area contributed by atoms with Crippen LogP contribution in [0.3, 0.4) is 0 Å². The lowest BCUT2D eigenvalue weighted by molar-refractivity contribution is -0.121. The smallest absolute Gasteiger partial charge is 0.351 e. The van der Waals surface area contributed by atoms with E-state index in [1.54, 1.807) is 24.3 Å². The van der Waals surface area contributed by atoms with Crippen LogP contribution in [0.2, 0.25) is 5.02 Å². The molecule has 0 spiro atoms. The van der Waals surface area contributed by atoms with Crippen molar-refractivity contribution in [3.8, 4) is 5.69 Å². The van der Waals surface area contributed by atoms with Crippen LogP contribution in [0.25, 0.3) is 5.69 Å². The molecule has 27 heavy (non-hydrogen) atoms. The Morgan fingerprint density at radius 3 is 2.48 bits per heavy atom. The molecule has 1 heterocycles. The highest BCUT2D eigenvalue weighted by molar-refractivity contribution is 6.30. The molecule has 1 fully saturated rings. The molecule has 1 amide bonds. The van der Waals surface area contributed by atoms with Crippen LogP contribution in [-0.4, -0.2) is 26.3 Å². The van der Waals surface area contributed by atoms with Crippen molar-refractivity contribution in [2.75, 3.05) is 0 Å². The van der Waals surface area contributed by atoms with Crippen molar-refractivity contribution in [2.24, 2.45) is 0 Å². The van der Waals surface area contributed by atoms with Gasteiger partial charge in [0.15, 0.2) is 0 Å². The third-order valence-electron chi connectivity index (χ3n) is 4.46. The Labute approximate surface area is 161 Å². The predicted molar refractivity (Wildman–Crippen MR) is 103 cm³/mol. The maximum Gasteiger partial charge on any atom is 0.351 e. The largest absolute Gasteiger partial charge is 0.352 e. The zero-order chi connectivity index (χ0) is 18.8. The third kappa shape index (κ3) is 4.11. The second-order valence-electron chi connectivity index (χ2n) is 6.68. The van der Waals surface area contributed by atoms with Crippen molar-refractivity contribution in [3.05, 3.63) is 81.5 Å². The molecule has 1 aromatic heterocycles. The summed E-state index contributed by atoms with van der Waals surface area (Å²) >= 11 is 5.94. The van der Waals surface area contributed by atoms with E-state index in [2.05, 4.69) is 10.4 Å². The highest BCUT2D eigenvalue weighted by atomic mass is 35.5. The first-order valence-corrected chi connectivity index (χ1v) is 9.26. The Morgan fingerprint density at radius 1 is 1.11 bits per heavy atom. The van der Waals surface area contributed by atoms with E-state index in [4.69, 9.17) is 11.6 Å². The van der Waals surface area contributed by atoms with E-state index >= 15 is 0 Å². The van der Waals surface area contributed by atoms with Gasteiger partial charge in [-0.25, -0.2) is 4.79 Å². The number of carbonyl (C=O) groups excluding carboxylic acids is 1. The number of nitrogens with one attached hydrogen (secondary N) is 1. The number of rotatable bonds is 6. The van der Waals surface area contributed by atoms with E-state index in [-0.39, 0.29) is 24.2 Å². The summed E-state index contributed by atoms with van der Waals surface area (Å²) in [5.41, 5.74) is 1.30. The number of hydrogen-bond donors (Lipinski definition) is 1. The van der Waals surface area contributed by atoms with Gasteiger partial charge in [-0.3, -0.25) is 9.36 Å². The lowest BCUT2D eigenvalue weighted by Gasteiger charge is -2.06. The van der Waals surface area contributed by atoms with Gasteiger partial charge in [0.2, 0.25) is 5.91 Å². The van der Waals surface area contributed by atoms with Crippen LogP contribution in [0.15, 0.2) is 59.4 Å². The fraction of sp³-hybridized carbons (Fsp3) is 0.250. The normalized spacial score (nSPS) is 13.5. The van der Waals surface area contributed by atoms with Crippen LogP contribution in [0.1, 0.15) is 24.2 Å². The van der Waals surface area contributed by atoms with Crippen molar-refractivity contribution >= 4 is 17.5 Å². The average Bonchev–Trinajstić information content (AvgIpc) is 3.43. The molecule has 2 aromatic carbocycles.